The van der Waals surface area contributed by atoms with Crippen LogP contribution < -0.4 is 11.1 Å². The van der Waals surface area contributed by atoms with Crippen molar-refractivity contribution in [3.8, 4) is 0 Å². The van der Waals surface area contributed by atoms with Gasteiger partial charge in [0.05, 0.1) is 5.02 Å². The van der Waals surface area contributed by atoms with Gasteiger partial charge in [-0.2, -0.15) is 13.2 Å². The first-order chi connectivity index (χ1) is 14.0. The Morgan fingerprint density at radius 2 is 1.97 bits per heavy atom. The van der Waals surface area contributed by atoms with Crippen LogP contribution in [0.5, 0.6) is 0 Å². The van der Waals surface area contributed by atoms with Crippen LogP contribution in [0.2, 0.25) is 5.02 Å². The quantitative estimate of drug-likeness (QED) is 0.712. The Kier molecular flexibility index (Phi) is 5.64. The normalized spacial score (nSPS) is 20.6. The van der Waals surface area contributed by atoms with E-state index in [0.717, 1.165) is 29.3 Å². The number of nitrogens with two attached hydrogens (primary N) is 1. The van der Waals surface area contributed by atoms with Crippen LogP contribution in [-0.2, 0) is 11.0 Å². The smallest absolute Gasteiger partial charge is 0.352 e. The topological polar surface area (TPSA) is 88.3 Å². The molecule has 1 aromatic carbocycles. The number of rotatable bonds is 3. The van der Waals surface area contributed by atoms with Crippen molar-refractivity contribution in [2.24, 2.45) is 5.73 Å². The van der Waals surface area contributed by atoms with Crippen LogP contribution >= 0.6 is 11.6 Å². The van der Waals surface area contributed by atoms with E-state index in [4.69, 9.17) is 17.3 Å². The number of primary amides is 1. The number of halogens is 5. The summed E-state index contributed by atoms with van der Waals surface area (Å²) in [5, 5.41) is 2.40. The van der Waals surface area contributed by atoms with Crippen LogP contribution in [0.25, 0.3) is 0 Å². The summed E-state index contributed by atoms with van der Waals surface area (Å²) in [5.74, 6) is -2.31. The number of carbonyl (C=O) groups is 2. The highest BCUT2D eigenvalue weighted by Gasteiger charge is 2.51. The van der Waals surface area contributed by atoms with Crippen molar-refractivity contribution in [3.05, 3.63) is 64.2 Å². The van der Waals surface area contributed by atoms with Gasteiger partial charge in [0, 0.05) is 25.2 Å². The number of aromatic nitrogens is 1. The monoisotopic (exact) mass is 444 g/mol. The van der Waals surface area contributed by atoms with Gasteiger partial charge in [-0.25, -0.2) is 9.18 Å². The summed E-state index contributed by atoms with van der Waals surface area (Å²) in [6, 6.07) is 4.71. The lowest BCUT2D eigenvalue weighted by atomic mass is 9.74. The highest BCUT2D eigenvalue weighted by Crippen LogP contribution is 2.41. The van der Waals surface area contributed by atoms with Gasteiger partial charge in [-0.3, -0.25) is 9.78 Å². The third-order valence-electron chi connectivity index (χ3n) is 5.16. The Balaban J connectivity index is 2.22. The maximum atomic E-state index is 13.7. The number of benzene rings is 1. The Bertz CT molecular complexity index is 983. The van der Waals surface area contributed by atoms with Crippen LogP contribution in [0.15, 0.2) is 36.5 Å². The number of alkyl halides is 3. The number of nitrogens with one attached hydrogen (secondary N) is 1. The molecule has 0 bridgehead atoms. The molecule has 2 heterocycles. The van der Waals surface area contributed by atoms with Gasteiger partial charge in [-0.1, -0.05) is 23.7 Å². The molecule has 1 aromatic heterocycles. The minimum absolute atomic E-state index is 0.0804. The van der Waals surface area contributed by atoms with Crippen molar-refractivity contribution >= 4 is 23.5 Å². The van der Waals surface area contributed by atoms with E-state index in [9.17, 15) is 27.2 Å². The van der Waals surface area contributed by atoms with Crippen molar-refractivity contribution in [1.82, 2.24) is 15.2 Å². The number of piperazine rings is 1. The second-order valence-electron chi connectivity index (χ2n) is 6.97. The number of urea groups is 1. The van der Waals surface area contributed by atoms with E-state index in [1.54, 1.807) is 0 Å². The summed E-state index contributed by atoms with van der Waals surface area (Å²) < 4.78 is 52.6. The number of carbonyl (C=O) groups excluding carboxylic acids is 2. The standard InChI is InChI=1S/C19H17ClF4N4O2/c1-18(16(29)26-6-7-28(18)17(25)30)15(10-2-4-13(21)12(20)8-10)11-3-5-14(27-9-11)19(22,23)24/h2-5,8-9,15H,6-7H2,1H3,(H2,25,30)(H,26,29)/t15-,18?/m1/s1. The van der Waals surface area contributed by atoms with Gasteiger partial charge < -0.3 is 16.0 Å². The van der Waals surface area contributed by atoms with Gasteiger partial charge in [-0.05, 0) is 36.2 Å². The summed E-state index contributed by atoms with van der Waals surface area (Å²) >= 11 is 5.90. The van der Waals surface area contributed by atoms with E-state index in [-0.39, 0.29) is 23.7 Å². The third-order valence-corrected chi connectivity index (χ3v) is 5.45. The van der Waals surface area contributed by atoms with Gasteiger partial charge in [0.1, 0.15) is 17.1 Å². The second-order valence-corrected chi connectivity index (χ2v) is 7.38. The average molecular weight is 445 g/mol. The fourth-order valence-corrected chi connectivity index (χ4v) is 3.91. The molecular formula is C19H17ClF4N4O2. The summed E-state index contributed by atoms with van der Waals surface area (Å²) in [5.41, 5.74) is 3.23. The molecular weight excluding hydrogens is 428 g/mol. The molecule has 1 fully saturated rings. The summed E-state index contributed by atoms with van der Waals surface area (Å²) in [7, 11) is 0. The highest BCUT2D eigenvalue weighted by atomic mass is 35.5. The van der Waals surface area contributed by atoms with Crippen molar-refractivity contribution in [2.75, 3.05) is 13.1 Å². The Labute approximate surface area is 174 Å². The maximum absolute atomic E-state index is 13.7. The average Bonchev–Trinajstić information content (AvgIpc) is 2.66. The van der Waals surface area contributed by atoms with E-state index in [1.807, 2.05) is 0 Å². The number of nitrogens with zero attached hydrogens (tertiary/aromatic N) is 2. The fourth-order valence-electron chi connectivity index (χ4n) is 3.72. The van der Waals surface area contributed by atoms with Crippen LogP contribution in [-0.4, -0.2) is 40.5 Å². The van der Waals surface area contributed by atoms with E-state index < -0.39 is 41.1 Å². The number of amides is 3. The predicted molar refractivity (Wildman–Crippen MR) is 100 cm³/mol. The maximum Gasteiger partial charge on any atom is 0.433 e. The highest BCUT2D eigenvalue weighted by molar-refractivity contribution is 6.30. The van der Waals surface area contributed by atoms with Crippen molar-refractivity contribution in [1.29, 1.82) is 0 Å². The van der Waals surface area contributed by atoms with Gasteiger partial charge in [0.25, 0.3) is 0 Å². The van der Waals surface area contributed by atoms with Crippen LogP contribution in [0, 0.1) is 5.82 Å². The predicted octanol–water partition coefficient (Wildman–Crippen LogP) is 3.29. The van der Waals surface area contributed by atoms with E-state index in [0.29, 0.717) is 5.56 Å². The largest absolute Gasteiger partial charge is 0.433 e. The Morgan fingerprint density at radius 1 is 1.30 bits per heavy atom. The molecule has 0 saturated carbocycles. The minimum Gasteiger partial charge on any atom is -0.352 e. The second kappa shape index (κ2) is 7.75. The molecule has 3 amide bonds. The van der Waals surface area contributed by atoms with Crippen molar-refractivity contribution < 1.29 is 27.2 Å². The zero-order valence-corrected chi connectivity index (χ0v) is 16.4. The van der Waals surface area contributed by atoms with Crippen LogP contribution in [0.4, 0.5) is 22.4 Å². The van der Waals surface area contributed by atoms with E-state index in [1.165, 1.54) is 19.1 Å². The van der Waals surface area contributed by atoms with E-state index >= 15 is 0 Å². The molecule has 1 aliphatic heterocycles. The molecule has 3 N–H and O–H groups in total. The SMILES string of the molecule is CC1([C@@H](c2ccc(C(F)(F)F)nc2)c2ccc(F)c(Cl)c2)C(=O)NCCN1C(N)=O. The molecule has 1 unspecified atom stereocenters. The molecule has 3 rings (SSSR count). The summed E-state index contributed by atoms with van der Waals surface area (Å²) in [6.45, 7) is 1.67. The van der Waals surface area contributed by atoms with Crippen LogP contribution in [0.1, 0.15) is 29.7 Å². The molecule has 30 heavy (non-hydrogen) atoms. The lowest BCUT2D eigenvalue weighted by Crippen LogP contribution is -2.68. The van der Waals surface area contributed by atoms with E-state index in [2.05, 4.69) is 10.3 Å². The zero-order valence-electron chi connectivity index (χ0n) is 15.6. The first kappa shape index (κ1) is 21.8. The first-order valence-electron chi connectivity index (χ1n) is 8.79. The summed E-state index contributed by atoms with van der Waals surface area (Å²) in [6.07, 6.45) is -3.68. The molecule has 2 aromatic rings. The number of pyridine rings is 1. The van der Waals surface area contributed by atoms with Crippen molar-refractivity contribution in [2.45, 2.75) is 24.6 Å². The number of hydrogen-bond donors (Lipinski definition) is 2. The zero-order chi connectivity index (χ0) is 22.3. The third kappa shape index (κ3) is 3.79. The van der Waals surface area contributed by atoms with Gasteiger partial charge in [-0.15, -0.1) is 0 Å². The molecule has 1 aliphatic rings. The fraction of sp³-hybridized carbons (Fsp3) is 0.316. The molecule has 160 valence electrons. The van der Waals surface area contributed by atoms with Gasteiger partial charge in [0.2, 0.25) is 5.91 Å². The molecule has 1 saturated heterocycles. The number of hydrogen-bond acceptors (Lipinski definition) is 3. The Hall–Kier alpha value is -2.88. The van der Waals surface area contributed by atoms with Gasteiger partial charge in [0.15, 0.2) is 0 Å². The van der Waals surface area contributed by atoms with Crippen LogP contribution in [0.3, 0.4) is 0 Å². The van der Waals surface area contributed by atoms with Crippen molar-refractivity contribution in [3.63, 3.8) is 0 Å². The van der Waals surface area contributed by atoms with Gasteiger partial charge >= 0.3 is 12.2 Å². The molecule has 0 spiro atoms. The lowest BCUT2D eigenvalue weighted by molar-refractivity contribution is -0.141. The molecule has 6 nitrogen and oxygen atoms in total. The molecule has 2 atom stereocenters. The molecule has 0 aliphatic carbocycles. The molecule has 11 heteroatoms. The minimum atomic E-state index is -4.65. The lowest BCUT2D eigenvalue weighted by Gasteiger charge is -2.47. The first-order valence-corrected chi connectivity index (χ1v) is 9.17. The summed E-state index contributed by atoms with van der Waals surface area (Å²) in [4.78, 5) is 29.6. The Morgan fingerprint density at radius 3 is 2.50 bits per heavy atom. The molecule has 0 radical (unpaired) electrons.